The molecule has 0 amide bonds. The molecule has 0 atom stereocenters. The zero-order chi connectivity index (χ0) is 38.1. The first-order chi connectivity index (χ1) is 26.3. The van der Waals surface area contributed by atoms with Crippen LogP contribution >= 0.6 is 0 Å². The molecule has 0 bridgehead atoms. The summed E-state index contributed by atoms with van der Waals surface area (Å²) in [4.78, 5) is 0. The van der Waals surface area contributed by atoms with Crippen LogP contribution in [0.25, 0.3) is 72.0 Å². The Morgan fingerprint density at radius 1 is 0.345 bits per heavy atom. The lowest BCUT2D eigenvalue weighted by Crippen LogP contribution is -2.42. The van der Waals surface area contributed by atoms with Crippen molar-refractivity contribution in [3.63, 3.8) is 0 Å². The topological polar surface area (TPSA) is 4.93 Å². The Kier molecular flexibility index (Phi) is 7.04. The van der Waals surface area contributed by atoms with Crippen molar-refractivity contribution >= 4 is 21.8 Å². The largest absolute Gasteiger partial charge is 0.309 e. The van der Waals surface area contributed by atoms with Crippen LogP contribution in [-0.4, -0.2) is 4.57 Å². The van der Waals surface area contributed by atoms with Crippen LogP contribution in [0.3, 0.4) is 0 Å². The summed E-state index contributed by atoms with van der Waals surface area (Å²) in [6.45, 7) is 19.5. The van der Waals surface area contributed by atoms with Crippen LogP contribution in [0.4, 0.5) is 0 Å². The molecule has 7 aromatic carbocycles. The van der Waals surface area contributed by atoms with Gasteiger partial charge in [0.25, 0.3) is 0 Å². The van der Waals surface area contributed by atoms with Gasteiger partial charge in [0.1, 0.15) is 0 Å². The fourth-order valence-electron chi connectivity index (χ4n) is 10.2. The fraction of sp³-hybridized carbons (Fsp3) is 0.222. The SMILES string of the molecule is CC1(C)c2ccccc2-c2cc3c4cc5c(cc4n(-c4cccc(-c6cc(-c7ccccc7)cc(-c7ccccc7)c6)c4)c3cc21)C(C)(C)C(C)(C)C5(C)C. The van der Waals surface area contributed by atoms with Crippen molar-refractivity contribution < 1.29 is 0 Å². The summed E-state index contributed by atoms with van der Waals surface area (Å²) in [6.07, 6.45) is 0. The molecule has 1 aromatic heterocycles. The third-order valence-corrected chi connectivity index (χ3v) is 14.7. The van der Waals surface area contributed by atoms with E-state index >= 15 is 0 Å². The van der Waals surface area contributed by atoms with Crippen LogP contribution in [0.15, 0.2) is 152 Å². The Morgan fingerprint density at radius 3 is 1.45 bits per heavy atom. The van der Waals surface area contributed by atoms with Gasteiger partial charge in [0.15, 0.2) is 0 Å². The number of aromatic nitrogens is 1. The van der Waals surface area contributed by atoms with Crippen molar-refractivity contribution in [1.29, 1.82) is 0 Å². The molecule has 0 saturated carbocycles. The molecule has 0 aliphatic heterocycles. The van der Waals surface area contributed by atoms with E-state index in [2.05, 4.69) is 212 Å². The highest BCUT2D eigenvalue weighted by molar-refractivity contribution is 6.12. The maximum absolute atomic E-state index is 2.57. The fourth-order valence-corrected chi connectivity index (χ4v) is 10.2. The molecule has 0 spiro atoms. The Morgan fingerprint density at radius 2 is 0.836 bits per heavy atom. The van der Waals surface area contributed by atoms with Crippen molar-refractivity contribution in [2.75, 3.05) is 0 Å². The highest BCUT2D eigenvalue weighted by atomic mass is 15.0. The first kappa shape index (κ1) is 33.9. The summed E-state index contributed by atoms with van der Waals surface area (Å²) in [7, 11) is 0. The van der Waals surface area contributed by atoms with Crippen molar-refractivity contribution in [3.8, 4) is 50.2 Å². The minimum absolute atomic E-state index is 0.00242. The number of hydrogen-bond acceptors (Lipinski definition) is 0. The van der Waals surface area contributed by atoms with Gasteiger partial charge in [-0.3, -0.25) is 0 Å². The standard InChI is InChI=1S/C54H49N/c1-51(2)45-25-16-15-24-41(45)42-30-43-44-31-47-48(53(5,6)54(7,8)52(47,3)4)33-50(44)55(49(43)32-46(42)51)40-23-17-22-36(29-40)39-27-37(34-18-11-9-12-19-34)26-38(28-39)35-20-13-10-14-21-35/h9-33H,1-8H3. The quantitative estimate of drug-likeness (QED) is 0.171. The van der Waals surface area contributed by atoms with E-state index in [-0.39, 0.29) is 21.7 Å². The molecule has 0 unspecified atom stereocenters. The molecule has 10 rings (SSSR count). The number of fused-ring (bicyclic) bond motifs is 7. The molecule has 8 aromatic rings. The van der Waals surface area contributed by atoms with Crippen molar-refractivity contribution in [1.82, 2.24) is 4.57 Å². The van der Waals surface area contributed by atoms with E-state index in [4.69, 9.17) is 0 Å². The van der Waals surface area contributed by atoms with Crippen molar-refractivity contribution in [3.05, 3.63) is 174 Å². The van der Waals surface area contributed by atoms with Gasteiger partial charge in [0.05, 0.1) is 11.0 Å². The number of rotatable bonds is 4. The molecule has 2 aliphatic rings. The van der Waals surface area contributed by atoms with E-state index in [1.54, 1.807) is 0 Å². The lowest BCUT2D eigenvalue weighted by atomic mass is 9.59. The van der Waals surface area contributed by atoms with Gasteiger partial charge in [0, 0.05) is 21.9 Å². The van der Waals surface area contributed by atoms with Crippen LogP contribution in [-0.2, 0) is 16.2 Å². The summed E-state index contributed by atoms with van der Waals surface area (Å²) in [5.41, 5.74) is 19.5. The van der Waals surface area contributed by atoms with Gasteiger partial charge in [-0.2, -0.15) is 0 Å². The van der Waals surface area contributed by atoms with Gasteiger partial charge < -0.3 is 4.57 Å². The first-order valence-electron chi connectivity index (χ1n) is 19.9. The van der Waals surface area contributed by atoms with Gasteiger partial charge in [-0.1, -0.05) is 152 Å². The number of benzene rings is 7. The second-order valence-corrected chi connectivity index (χ2v) is 18.3. The molecule has 0 N–H and O–H groups in total. The molecular weight excluding hydrogens is 663 g/mol. The van der Waals surface area contributed by atoms with Gasteiger partial charge in [-0.15, -0.1) is 0 Å². The van der Waals surface area contributed by atoms with Crippen molar-refractivity contribution in [2.45, 2.75) is 71.6 Å². The van der Waals surface area contributed by atoms with Gasteiger partial charge in [0.2, 0.25) is 0 Å². The predicted octanol–water partition coefficient (Wildman–Crippen LogP) is 14.7. The first-order valence-corrected chi connectivity index (χ1v) is 19.9. The molecule has 1 nitrogen and oxygen atoms in total. The molecule has 0 radical (unpaired) electrons. The zero-order valence-electron chi connectivity index (χ0n) is 33.4. The minimum atomic E-state index is -0.0925. The molecule has 0 fully saturated rings. The third-order valence-electron chi connectivity index (χ3n) is 14.7. The normalized spacial score (nSPS) is 16.9. The maximum Gasteiger partial charge on any atom is 0.0544 e. The highest BCUT2D eigenvalue weighted by Gasteiger charge is 2.57. The summed E-state index contributed by atoms with van der Waals surface area (Å²) in [5.74, 6) is 0. The Labute approximate surface area is 326 Å². The molecule has 1 heterocycles. The maximum atomic E-state index is 2.57. The summed E-state index contributed by atoms with van der Waals surface area (Å²) < 4.78 is 2.57. The average molecular weight is 712 g/mol. The summed E-state index contributed by atoms with van der Waals surface area (Å²) >= 11 is 0. The average Bonchev–Trinajstić information content (AvgIpc) is 3.67. The second-order valence-electron chi connectivity index (χ2n) is 18.3. The predicted molar refractivity (Wildman–Crippen MR) is 234 cm³/mol. The zero-order valence-corrected chi connectivity index (χ0v) is 33.4. The molecule has 55 heavy (non-hydrogen) atoms. The van der Waals surface area contributed by atoms with E-state index in [1.165, 1.54) is 94.3 Å². The van der Waals surface area contributed by atoms with Gasteiger partial charge in [-0.05, 0) is 138 Å². The monoisotopic (exact) mass is 711 g/mol. The van der Waals surface area contributed by atoms with Crippen LogP contribution < -0.4 is 0 Å². The Hall–Kier alpha value is -5.66. The smallest absolute Gasteiger partial charge is 0.0544 e. The minimum Gasteiger partial charge on any atom is -0.309 e. The van der Waals surface area contributed by atoms with E-state index < -0.39 is 0 Å². The summed E-state index contributed by atoms with van der Waals surface area (Å²) in [6, 6.07) is 57.0. The highest BCUT2D eigenvalue weighted by Crippen LogP contribution is 2.62. The molecule has 2 aliphatic carbocycles. The molecular formula is C54H49N. The van der Waals surface area contributed by atoms with E-state index in [9.17, 15) is 0 Å². The lowest BCUT2D eigenvalue weighted by Gasteiger charge is -2.44. The van der Waals surface area contributed by atoms with E-state index in [0.29, 0.717) is 0 Å². The molecule has 270 valence electrons. The molecule has 1 heteroatoms. The van der Waals surface area contributed by atoms with E-state index in [0.717, 1.165) is 0 Å². The Bertz CT molecular complexity index is 2780. The Balaban J connectivity index is 1.25. The van der Waals surface area contributed by atoms with Gasteiger partial charge >= 0.3 is 0 Å². The van der Waals surface area contributed by atoms with Crippen molar-refractivity contribution in [2.24, 2.45) is 5.41 Å². The van der Waals surface area contributed by atoms with Gasteiger partial charge in [-0.25, -0.2) is 0 Å². The third kappa shape index (κ3) is 4.65. The second kappa shape index (κ2) is 11.4. The van der Waals surface area contributed by atoms with Crippen LogP contribution in [0.5, 0.6) is 0 Å². The van der Waals surface area contributed by atoms with Crippen LogP contribution in [0.2, 0.25) is 0 Å². The molecule has 0 saturated heterocycles. The van der Waals surface area contributed by atoms with Crippen LogP contribution in [0.1, 0.15) is 77.6 Å². The lowest BCUT2D eigenvalue weighted by molar-refractivity contribution is 0.125. The van der Waals surface area contributed by atoms with Crippen LogP contribution in [0, 0.1) is 5.41 Å². The van der Waals surface area contributed by atoms with E-state index in [1.807, 2.05) is 0 Å². The number of nitrogens with zero attached hydrogens (tertiary/aromatic N) is 1. The number of hydrogen-bond donors (Lipinski definition) is 0. The summed E-state index contributed by atoms with van der Waals surface area (Å²) in [5, 5.41) is 2.66.